The number of hydrogen-bond acceptors (Lipinski definition) is 6. The minimum atomic E-state index is -0.637. The van der Waals surface area contributed by atoms with Crippen molar-refractivity contribution in [2.45, 2.75) is 13.8 Å². The Labute approximate surface area is 190 Å². The van der Waals surface area contributed by atoms with Crippen molar-refractivity contribution in [3.63, 3.8) is 0 Å². The summed E-state index contributed by atoms with van der Waals surface area (Å²) >= 11 is 1.47. The van der Waals surface area contributed by atoms with Gasteiger partial charge in [-0.05, 0) is 57.3 Å². The average molecular weight is 458 g/mol. The van der Waals surface area contributed by atoms with Crippen LogP contribution in [0.2, 0.25) is 0 Å². The third-order valence-corrected chi connectivity index (χ3v) is 6.16. The molecule has 0 radical (unpaired) electrons. The number of likely N-dealkylation sites (N-methyl/N-ethyl adjacent to an activating group) is 1. The molecule has 0 atom stereocenters. The van der Waals surface area contributed by atoms with E-state index in [2.05, 4.69) is 6.07 Å². The summed E-state index contributed by atoms with van der Waals surface area (Å²) in [5, 5.41) is 1.29. The molecule has 0 aliphatic carbocycles. The summed E-state index contributed by atoms with van der Waals surface area (Å²) in [5.74, 6) is -0.398. The minimum absolute atomic E-state index is 0. The Kier molecular flexibility index (Phi) is 6.79. The number of nitrogens with zero attached hydrogens (tertiary/aromatic N) is 3. The summed E-state index contributed by atoms with van der Waals surface area (Å²) in [4.78, 5) is 34.3. The molecule has 2 aromatic carbocycles. The normalized spacial score (nSPS) is 11.1. The lowest BCUT2D eigenvalue weighted by molar-refractivity contribution is 0.0982. The first-order valence-electron chi connectivity index (χ1n) is 9.71. The zero-order valence-corrected chi connectivity index (χ0v) is 19.5. The van der Waals surface area contributed by atoms with Crippen molar-refractivity contribution in [2.24, 2.45) is 0 Å². The summed E-state index contributed by atoms with van der Waals surface area (Å²) in [6.07, 6.45) is 0. The van der Waals surface area contributed by atoms with Crippen LogP contribution < -0.4 is 10.5 Å². The number of para-hydroxylation sites is 1. The SMILES string of the molecule is Cc1cc(C)c2sc(N(CCN(C)C)C(=O)c3cc4ccccc4oc3=O)nc2c1.Cl. The summed E-state index contributed by atoms with van der Waals surface area (Å²) < 4.78 is 6.43. The van der Waals surface area contributed by atoms with Gasteiger partial charge in [-0.15, -0.1) is 12.4 Å². The van der Waals surface area contributed by atoms with Crippen LogP contribution in [-0.4, -0.2) is 43.0 Å². The molecule has 6 nitrogen and oxygen atoms in total. The maximum Gasteiger partial charge on any atom is 0.349 e. The van der Waals surface area contributed by atoms with Gasteiger partial charge in [0.2, 0.25) is 0 Å². The maximum atomic E-state index is 13.5. The van der Waals surface area contributed by atoms with E-state index in [-0.39, 0.29) is 18.0 Å². The van der Waals surface area contributed by atoms with Gasteiger partial charge in [0.05, 0.1) is 10.2 Å². The summed E-state index contributed by atoms with van der Waals surface area (Å²) in [6, 6.07) is 12.9. The number of aryl methyl sites for hydroxylation is 2. The highest BCUT2D eigenvalue weighted by Gasteiger charge is 2.25. The van der Waals surface area contributed by atoms with Crippen molar-refractivity contribution in [2.75, 3.05) is 32.1 Å². The highest BCUT2D eigenvalue weighted by atomic mass is 35.5. The number of halogens is 1. The zero-order chi connectivity index (χ0) is 21.4. The van der Waals surface area contributed by atoms with Crippen molar-refractivity contribution >= 4 is 56.0 Å². The fraction of sp³-hybridized carbons (Fsp3) is 0.261. The van der Waals surface area contributed by atoms with Crippen molar-refractivity contribution in [1.82, 2.24) is 9.88 Å². The molecule has 0 aliphatic heterocycles. The minimum Gasteiger partial charge on any atom is -0.422 e. The van der Waals surface area contributed by atoms with Crippen LogP contribution in [-0.2, 0) is 0 Å². The Morgan fingerprint density at radius 2 is 1.84 bits per heavy atom. The molecule has 8 heteroatoms. The monoisotopic (exact) mass is 457 g/mol. The molecule has 1 amide bonds. The van der Waals surface area contributed by atoms with Crippen molar-refractivity contribution in [1.29, 1.82) is 0 Å². The van der Waals surface area contributed by atoms with E-state index >= 15 is 0 Å². The van der Waals surface area contributed by atoms with Crippen LogP contribution in [0, 0.1) is 13.8 Å². The van der Waals surface area contributed by atoms with Crippen LogP contribution >= 0.6 is 23.7 Å². The largest absolute Gasteiger partial charge is 0.422 e. The number of rotatable bonds is 5. The third kappa shape index (κ3) is 4.63. The highest BCUT2D eigenvalue weighted by Crippen LogP contribution is 2.32. The molecule has 162 valence electrons. The van der Waals surface area contributed by atoms with Crippen LogP contribution in [0.5, 0.6) is 0 Å². The molecule has 0 bridgehead atoms. The van der Waals surface area contributed by atoms with Gasteiger partial charge in [0, 0.05) is 18.5 Å². The molecule has 4 aromatic rings. The fourth-order valence-corrected chi connectivity index (χ4v) is 4.46. The van der Waals surface area contributed by atoms with Gasteiger partial charge in [0.25, 0.3) is 5.91 Å². The molecule has 2 heterocycles. The fourth-order valence-electron chi connectivity index (χ4n) is 3.42. The molecule has 0 fully saturated rings. The van der Waals surface area contributed by atoms with Gasteiger partial charge in [-0.2, -0.15) is 0 Å². The van der Waals surface area contributed by atoms with Gasteiger partial charge in [-0.3, -0.25) is 9.69 Å². The van der Waals surface area contributed by atoms with Gasteiger partial charge in [0.1, 0.15) is 11.1 Å². The number of fused-ring (bicyclic) bond motifs is 2. The smallest absolute Gasteiger partial charge is 0.349 e. The standard InChI is InChI=1S/C23H23N3O3S.ClH/c1-14-11-15(2)20-18(12-14)24-23(30-20)26(10-9-25(3)4)21(27)17-13-16-7-5-6-8-19(16)29-22(17)28;/h5-8,11-13H,9-10H2,1-4H3;1H. The van der Waals surface area contributed by atoms with Crippen LogP contribution in [0.3, 0.4) is 0 Å². The quantitative estimate of drug-likeness (QED) is 0.408. The molecule has 2 aromatic heterocycles. The maximum absolute atomic E-state index is 13.5. The Morgan fingerprint density at radius 1 is 1.10 bits per heavy atom. The summed E-state index contributed by atoms with van der Waals surface area (Å²) in [5.41, 5.74) is 2.95. The van der Waals surface area contributed by atoms with E-state index in [9.17, 15) is 9.59 Å². The number of benzene rings is 2. The van der Waals surface area contributed by atoms with Crippen LogP contribution in [0.15, 0.2) is 51.7 Å². The number of aromatic nitrogens is 1. The second-order valence-corrected chi connectivity index (χ2v) is 8.65. The second kappa shape index (κ2) is 9.18. The number of carbonyl (C=O) groups excluding carboxylic acids is 1. The predicted molar refractivity (Wildman–Crippen MR) is 129 cm³/mol. The van der Waals surface area contributed by atoms with Gasteiger partial charge in [0.15, 0.2) is 5.13 Å². The van der Waals surface area contributed by atoms with Crippen molar-refractivity contribution in [3.8, 4) is 0 Å². The Bertz CT molecular complexity index is 1310. The Morgan fingerprint density at radius 3 is 2.58 bits per heavy atom. The number of amides is 1. The lowest BCUT2D eigenvalue weighted by Gasteiger charge is -2.21. The molecule has 31 heavy (non-hydrogen) atoms. The molecule has 0 unspecified atom stereocenters. The van der Waals surface area contributed by atoms with E-state index in [1.54, 1.807) is 23.1 Å². The zero-order valence-electron chi connectivity index (χ0n) is 17.8. The summed E-state index contributed by atoms with van der Waals surface area (Å²) in [6.45, 7) is 5.12. The first-order valence-corrected chi connectivity index (χ1v) is 10.5. The second-order valence-electron chi connectivity index (χ2n) is 7.67. The van der Waals surface area contributed by atoms with Gasteiger partial charge < -0.3 is 9.32 Å². The molecule has 4 rings (SSSR count). The van der Waals surface area contributed by atoms with Crippen LogP contribution in [0.1, 0.15) is 21.5 Å². The van der Waals surface area contributed by atoms with E-state index in [4.69, 9.17) is 9.40 Å². The molecule has 0 aliphatic rings. The van der Waals surface area contributed by atoms with E-state index in [1.807, 2.05) is 51.0 Å². The first kappa shape index (κ1) is 22.9. The van der Waals surface area contributed by atoms with Gasteiger partial charge in [-0.1, -0.05) is 35.6 Å². The first-order chi connectivity index (χ1) is 14.3. The summed E-state index contributed by atoms with van der Waals surface area (Å²) in [7, 11) is 3.89. The van der Waals surface area contributed by atoms with Crippen LogP contribution in [0.4, 0.5) is 5.13 Å². The molecule has 0 N–H and O–H groups in total. The van der Waals surface area contributed by atoms with E-state index in [1.165, 1.54) is 11.3 Å². The van der Waals surface area contributed by atoms with Crippen molar-refractivity contribution in [3.05, 3.63) is 69.6 Å². The number of hydrogen-bond donors (Lipinski definition) is 0. The van der Waals surface area contributed by atoms with E-state index < -0.39 is 11.5 Å². The Balaban J connectivity index is 0.00000272. The molecular formula is C23H24ClN3O3S. The number of carbonyl (C=O) groups is 1. The third-order valence-electron chi connectivity index (χ3n) is 4.93. The van der Waals surface area contributed by atoms with Crippen molar-refractivity contribution < 1.29 is 9.21 Å². The predicted octanol–water partition coefficient (Wildman–Crippen LogP) is 4.65. The van der Waals surface area contributed by atoms with E-state index in [0.717, 1.165) is 21.3 Å². The average Bonchev–Trinajstić information content (AvgIpc) is 3.11. The lowest BCUT2D eigenvalue weighted by Crippen LogP contribution is -2.38. The number of anilines is 1. The molecule has 0 spiro atoms. The van der Waals surface area contributed by atoms with E-state index in [0.29, 0.717) is 29.2 Å². The topological polar surface area (TPSA) is 66.7 Å². The molecule has 0 saturated heterocycles. The molecule has 0 saturated carbocycles. The Hall–Kier alpha value is -2.74. The molecular weight excluding hydrogens is 434 g/mol. The van der Waals surface area contributed by atoms with Gasteiger partial charge >= 0.3 is 5.63 Å². The van der Waals surface area contributed by atoms with Gasteiger partial charge in [-0.25, -0.2) is 9.78 Å². The highest BCUT2D eigenvalue weighted by molar-refractivity contribution is 7.22. The number of thiazole rings is 1. The lowest BCUT2D eigenvalue weighted by atomic mass is 10.1. The van der Waals surface area contributed by atoms with Crippen LogP contribution in [0.25, 0.3) is 21.2 Å².